The molecule has 2 aromatic rings. The summed E-state index contributed by atoms with van der Waals surface area (Å²) in [5.41, 5.74) is 1.34. The fourth-order valence-corrected chi connectivity index (χ4v) is 1.88. The third-order valence-corrected chi connectivity index (χ3v) is 3.30. The molecule has 2 rings (SSSR count). The molecular weight excluding hydrogens is 302 g/mol. The molecule has 1 unspecified atom stereocenters. The Kier molecular flexibility index (Phi) is 6.82. The largest absolute Gasteiger partial charge is 0.350 e. The Bertz CT molecular complexity index is 671. The predicted octanol–water partition coefficient (Wildman–Crippen LogP) is 1.80. The third-order valence-electron chi connectivity index (χ3n) is 3.30. The second-order valence-electron chi connectivity index (χ2n) is 4.88. The molecule has 0 saturated carbocycles. The van der Waals surface area contributed by atoms with Crippen LogP contribution in [0.3, 0.4) is 0 Å². The number of rotatable bonds is 5. The van der Waals surface area contributed by atoms with Crippen LogP contribution in [-0.4, -0.2) is 30.5 Å². The summed E-state index contributed by atoms with van der Waals surface area (Å²) in [7, 11) is 1.82. The number of pyridine rings is 1. The maximum Gasteiger partial charge on any atom is 0.261 e. The van der Waals surface area contributed by atoms with Crippen LogP contribution in [0.25, 0.3) is 11.3 Å². The monoisotopic (exact) mass is 321 g/mol. The van der Waals surface area contributed by atoms with E-state index in [1.807, 2.05) is 44.3 Å². The molecule has 0 radical (unpaired) electrons. The van der Waals surface area contributed by atoms with Gasteiger partial charge in [0, 0.05) is 18.3 Å². The van der Waals surface area contributed by atoms with Crippen molar-refractivity contribution in [2.75, 3.05) is 13.6 Å². The van der Waals surface area contributed by atoms with Gasteiger partial charge in [-0.15, -0.1) is 12.4 Å². The van der Waals surface area contributed by atoms with Crippen molar-refractivity contribution in [1.82, 2.24) is 15.6 Å². The molecule has 0 bridgehead atoms. The van der Waals surface area contributed by atoms with Gasteiger partial charge < -0.3 is 15.6 Å². The zero-order chi connectivity index (χ0) is 15.2. The van der Waals surface area contributed by atoms with Gasteiger partial charge in [0.25, 0.3) is 11.5 Å². The van der Waals surface area contributed by atoms with Crippen LogP contribution in [-0.2, 0) is 0 Å². The number of carbonyl (C=O) groups excluding carboxylic acids is 1. The number of halogens is 1. The molecule has 1 heterocycles. The second-order valence-corrected chi connectivity index (χ2v) is 4.88. The van der Waals surface area contributed by atoms with Gasteiger partial charge >= 0.3 is 0 Å². The average Bonchev–Trinajstić information content (AvgIpc) is 2.53. The van der Waals surface area contributed by atoms with Gasteiger partial charge in [-0.1, -0.05) is 30.3 Å². The number of hydrogen-bond donors (Lipinski definition) is 3. The molecule has 1 aromatic carbocycles. The Morgan fingerprint density at radius 2 is 1.86 bits per heavy atom. The summed E-state index contributed by atoms with van der Waals surface area (Å²) in [4.78, 5) is 26.8. The van der Waals surface area contributed by atoms with Crippen LogP contribution in [0.15, 0.2) is 47.3 Å². The number of aromatic amines is 1. The van der Waals surface area contributed by atoms with Crippen molar-refractivity contribution < 1.29 is 4.79 Å². The van der Waals surface area contributed by atoms with Gasteiger partial charge in [-0.05, 0) is 31.7 Å². The summed E-state index contributed by atoms with van der Waals surface area (Å²) in [6, 6.07) is 13.0. The molecule has 118 valence electrons. The van der Waals surface area contributed by atoms with Gasteiger partial charge in [0.05, 0.1) is 0 Å². The van der Waals surface area contributed by atoms with E-state index in [1.165, 1.54) is 0 Å². The molecule has 6 heteroatoms. The molecule has 1 amide bonds. The minimum atomic E-state index is -0.383. The zero-order valence-corrected chi connectivity index (χ0v) is 13.4. The molecule has 0 aliphatic heterocycles. The summed E-state index contributed by atoms with van der Waals surface area (Å²) in [6.07, 6.45) is 0. The number of aromatic nitrogens is 1. The molecule has 1 atom stereocenters. The van der Waals surface area contributed by atoms with Crippen molar-refractivity contribution in [2.24, 2.45) is 0 Å². The van der Waals surface area contributed by atoms with Crippen molar-refractivity contribution in [3.8, 4) is 11.3 Å². The molecule has 3 N–H and O–H groups in total. The maximum atomic E-state index is 12.0. The first kappa shape index (κ1) is 17.9. The van der Waals surface area contributed by atoms with Gasteiger partial charge in [0.15, 0.2) is 0 Å². The van der Waals surface area contributed by atoms with E-state index in [0.29, 0.717) is 12.2 Å². The molecule has 0 aliphatic carbocycles. The van der Waals surface area contributed by atoms with E-state index in [2.05, 4.69) is 15.6 Å². The lowest BCUT2D eigenvalue weighted by Crippen LogP contribution is -2.38. The lowest BCUT2D eigenvalue weighted by atomic mass is 10.1. The SMILES string of the molecule is CNC(C)CNC(=O)c1ccc(-c2ccccc2)[nH]c1=O.Cl. The molecule has 5 nitrogen and oxygen atoms in total. The van der Waals surface area contributed by atoms with E-state index >= 15 is 0 Å². The number of H-pyrrole nitrogens is 1. The van der Waals surface area contributed by atoms with Gasteiger partial charge in [0.2, 0.25) is 0 Å². The summed E-state index contributed by atoms with van der Waals surface area (Å²) in [6.45, 7) is 2.41. The average molecular weight is 322 g/mol. The Morgan fingerprint density at radius 3 is 2.45 bits per heavy atom. The highest BCUT2D eigenvalue weighted by molar-refractivity contribution is 5.94. The summed E-state index contributed by atoms with van der Waals surface area (Å²) < 4.78 is 0. The standard InChI is InChI=1S/C16H19N3O2.ClH/c1-11(17-2)10-18-15(20)13-8-9-14(19-16(13)21)12-6-4-3-5-7-12;/h3-9,11,17H,10H2,1-2H3,(H,18,20)(H,19,21);1H. The van der Waals surface area contributed by atoms with Crippen LogP contribution >= 0.6 is 12.4 Å². The van der Waals surface area contributed by atoms with Crippen LogP contribution in [0.4, 0.5) is 0 Å². The minimum absolute atomic E-state index is 0. The van der Waals surface area contributed by atoms with E-state index in [9.17, 15) is 9.59 Å². The smallest absolute Gasteiger partial charge is 0.261 e. The van der Waals surface area contributed by atoms with Crippen molar-refractivity contribution >= 4 is 18.3 Å². The highest BCUT2D eigenvalue weighted by Gasteiger charge is 2.11. The summed E-state index contributed by atoms with van der Waals surface area (Å²) in [5.74, 6) is -0.363. The van der Waals surface area contributed by atoms with Gasteiger partial charge in [0.1, 0.15) is 5.56 Å². The van der Waals surface area contributed by atoms with Crippen molar-refractivity contribution in [2.45, 2.75) is 13.0 Å². The normalized spacial score (nSPS) is 11.4. The lowest BCUT2D eigenvalue weighted by Gasteiger charge is -2.11. The van der Waals surface area contributed by atoms with Crippen LogP contribution in [0.1, 0.15) is 17.3 Å². The van der Waals surface area contributed by atoms with E-state index in [-0.39, 0.29) is 35.5 Å². The van der Waals surface area contributed by atoms with E-state index in [0.717, 1.165) is 5.56 Å². The molecular formula is C16H20ClN3O2. The van der Waals surface area contributed by atoms with E-state index in [4.69, 9.17) is 0 Å². The number of likely N-dealkylation sites (N-methyl/N-ethyl adjacent to an activating group) is 1. The topological polar surface area (TPSA) is 74.0 Å². The summed E-state index contributed by atoms with van der Waals surface area (Å²) >= 11 is 0. The number of nitrogens with one attached hydrogen (secondary N) is 3. The van der Waals surface area contributed by atoms with Crippen molar-refractivity contribution in [3.05, 3.63) is 58.4 Å². The van der Waals surface area contributed by atoms with E-state index in [1.54, 1.807) is 12.1 Å². The fraction of sp³-hybridized carbons (Fsp3) is 0.250. The lowest BCUT2D eigenvalue weighted by molar-refractivity contribution is 0.0949. The van der Waals surface area contributed by atoms with Crippen molar-refractivity contribution in [1.29, 1.82) is 0 Å². The molecule has 0 aliphatic rings. The Labute approximate surface area is 135 Å². The number of benzene rings is 1. The number of carbonyl (C=O) groups is 1. The van der Waals surface area contributed by atoms with Crippen LogP contribution < -0.4 is 16.2 Å². The van der Waals surface area contributed by atoms with Gasteiger partial charge in [-0.25, -0.2) is 0 Å². The first-order chi connectivity index (χ1) is 10.1. The van der Waals surface area contributed by atoms with Gasteiger partial charge in [-0.2, -0.15) is 0 Å². The second kappa shape index (κ2) is 8.36. The van der Waals surface area contributed by atoms with Crippen molar-refractivity contribution in [3.63, 3.8) is 0 Å². The zero-order valence-electron chi connectivity index (χ0n) is 12.6. The molecule has 0 fully saturated rings. The fourth-order valence-electron chi connectivity index (χ4n) is 1.88. The van der Waals surface area contributed by atoms with Crippen LogP contribution in [0, 0.1) is 0 Å². The Hall–Kier alpha value is -2.11. The Balaban J connectivity index is 0.00000242. The molecule has 0 spiro atoms. The molecule has 1 aromatic heterocycles. The quantitative estimate of drug-likeness (QED) is 0.786. The number of hydrogen-bond acceptors (Lipinski definition) is 3. The third kappa shape index (κ3) is 4.44. The highest BCUT2D eigenvalue weighted by atomic mass is 35.5. The van der Waals surface area contributed by atoms with Crippen LogP contribution in [0.5, 0.6) is 0 Å². The summed E-state index contributed by atoms with van der Waals surface area (Å²) in [5, 5.41) is 5.74. The van der Waals surface area contributed by atoms with E-state index < -0.39 is 0 Å². The predicted molar refractivity (Wildman–Crippen MR) is 90.6 cm³/mol. The maximum absolute atomic E-state index is 12.0. The first-order valence-corrected chi connectivity index (χ1v) is 6.86. The van der Waals surface area contributed by atoms with Gasteiger partial charge in [-0.3, -0.25) is 9.59 Å². The Morgan fingerprint density at radius 1 is 1.18 bits per heavy atom. The number of amides is 1. The highest BCUT2D eigenvalue weighted by Crippen LogP contribution is 2.14. The first-order valence-electron chi connectivity index (χ1n) is 6.86. The van der Waals surface area contributed by atoms with Crippen LogP contribution in [0.2, 0.25) is 0 Å². The minimum Gasteiger partial charge on any atom is -0.350 e. The molecule has 22 heavy (non-hydrogen) atoms. The molecule has 0 saturated heterocycles.